The molecule has 0 bridgehead atoms. The first kappa shape index (κ1) is 18.0. The van der Waals surface area contributed by atoms with Gasteiger partial charge in [-0.3, -0.25) is 4.99 Å². The van der Waals surface area contributed by atoms with E-state index in [1.54, 1.807) is 30.9 Å². The van der Waals surface area contributed by atoms with E-state index < -0.39 is 0 Å². The Kier molecular flexibility index (Phi) is 7.14. The molecule has 128 valence electrons. The largest absolute Gasteiger partial charge is 0.374 e. The van der Waals surface area contributed by atoms with E-state index >= 15 is 0 Å². The van der Waals surface area contributed by atoms with Gasteiger partial charge in [0, 0.05) is 38.1 Å². The van der Waals surface area contributed by atoms with Gasteiger partial charge < -0.3 is 20.3 Å². The number of benzene rings is 1. The molecule has 1 fully saturated rings. The fourth-order valence-electron chi connectivity index (χ4n) is 2.49. The molecule has 1 saturated heterocycles. The summed E-state index contributed by atoms with van der Waals surface area (Å²) in [6.07, 6.45) is 2.14. The lowest BCUT2D eigenvalue weighted by Crippen LogP contribution is -2.48. The minimum absolute atomic E-state index is 0.156. The number of rotatable bonds is 5. The summed E-state index contributed by atoms with van der Waals surface area (Å²) in [5.41, 5.74) is 0.925. The topological polar surface area (TPSA) is 48.9 Å². The number of ether oxygens (including phenoxy) is 1. The van der Waals surface area contributed by atoms with Crippen molar-refractivity contribution in [2.45, 2.75) is 17.5 Å². The third-order valence-electron chi connectivity index (χ3n) is 3.75. The van der Waals surface area contributed by atoms with Crippen LogP contribution in [0.15, 0.2) is 28.1 Å². The zero-order valence-electron chi connectivity index (χ0n) is 13.9. The zero-order chi connectivity index (χ0) is 16.7. The Bertz CT molecular complexity index is 541. The number of nitrogens with zero attached hydrogens (tertiary/aromatic N) is 2. The smallest absolute Gasteiger partial charge is 0.191 e. The first-order chi connectivity index (χ1) is 11.1. The molecule has 2 N–H and O–H groups in total. The average molecular weight is 340 g/mol. The van der Waals surface area contributed by atoms with E-state index in [1.807, 2.05) is 6.26 Å². The standard InChI is InChI=1S/C16H25FN4OS/c1-18-16(20-10-14-11-21(2)6-7-22-14)19-9-12-8-13(17)4-5-15(12)23-3/h4-5,8,14H,6-7,9-11H2,1-3H3,(H2,18,19,20). The van der Waals surface area contributed by atoms with Crippen LogP contribution in [0.25, 0.3) is 0 Å². The summed E-state index contributed by atoms with van der Waals surface area (Å²) in [7, 11) is 3.82. The van der Waals surface area contributed by atoms with Crippen molar-refractivity contribution in [3.8, 4) is 0 Å². The van der Waals surface area contributed by atoms with Crippen LogP contribution in [0.5, 0.6) is 0 Å². The Balaban J connectivity index is 1.84. The summed E-state index contributed by atoms with van der Waals surface area (Å²) < 4.78 is 19.1. The van der Waals surface area contributed by atoms with E-state index in [4.69, 9.17) is 4.74 Å². The van der Waals surface area contributed by atoms with Crippen LogP contribution >= 0.6 is 11.8 Å². The molecule has 0 saturated carbocycles. The molecule has 1 aliphatic rings. The molecule has 1 atom stereocenters. The summed E-state index contributed by atoms with van der Waals surface area (Å²) in [5, 5.41) is 6.50. The highest BCUT2D eigenvalue weighted by molar-refractivity contribution is 7.98. The summed E-state index contributed by atoms with van der Waals surface area (Å²) in [6.45, 7) is 3.86. The van der Waals surface area contributed by atoms with Gasteiger partial charge in [0.1, 0.15) is 5.82 Å². The molecule has 5 nitrogen and oxygen atoms in total. The van der Waals surface area contributed by atoms with Crippen molar-refractivity contribution < 1.29 is 9.13 Å². The predicted molar refractivity (Wildman–Crippen MR) is 93.6 cm³/mol. The lowest BCUT2D eigenvalue weighted by molar-refractivity contribution is -0.0161. The first-order valence-electron chi connectivity index (χ1n) is 7.69. The monoisotopic (exact) mass is 340 g/mol. The van der Waals surface area contributed by atoms with E-state index in [-0.39, 0.29) is 11.9 Å². The number of thioether (sulfide) groups is 1. The summed E-state index contributed by atoms with van der Waals surface area (Å²) in [6, 6.07) is 4.85. The van der Waals surface area contributed by atoms with Crippen LogP contribution in [0, 0.1) is 5.82 Å². The van der Waals surface area contributed by atoms with Crippen molar-refractivity contribution in [1.82, 2.24) is 15.5 Å². The first-order valence-corrected chi connectivity index (χ1v) is 8.92. The molecule has 0 radical (unpaired) electrons. The molecular formula is C16H25FN4OS. The van der Waals surface area contributed by atoms with Crippen molar-refractivity contribution in [2.24, 2.45) is 4.99 Å². The number of nitrogens with one attached hydrogen (secondary N) is 2. The Labute approximate surface area is 141 Å². The van der Waals surface area contributed by atoms with Crippen LogP contribution in [-0.2, 0) is 11.3 Å². The maximum absolute atomic E-state index is 13.4. The predicted octanol–water partition coefficient (Wildman–Crippen LogP) is 1.54. The Hall–Kier alpha value is -1.31. The zero-order valence-corrected chi connectivity index (χ0v) is 14.8. The van der Waals surface area contributed by atoms with Crippen molar-refractivity contribution in [3.63, 3.8) is 0 Å². The minimum Gasteiger partial charge on any atom is -0.374 e. The summed E-state index contributed by atoms with van der Waals surface area (Å²) >= 11 is 1.61. The van der Waals surface area contributed by atoms with Crippen molar-refractivity contribution in [1.29, 1.82) is 0 Å². The number of aliphatic imine (C=N–C) groups is 1. The fourth-order valence-corrected chi connectivity index (χ4v) is 3.08. The Morgan fingerprint density at radius 1 is 1.48 bits per heavy atom. The van der Waals surface area contributed by atoms with Crippen LogP contribution in [0.1, 0.15) is 5.56 Å². The molecule has 1 aromatic carbocycles. The second kappa shape index (κ2) is 9.10. The normalized spacial score (nSPS) is 19.7. The molecule has 0 aromatic heterocycles. The number of halogens is 1. The van der Waals surface area contributed by atoms with Crippen LogP contribution in [0.2, 0.25) is 0 Å². The van der Waals surface area contributed by atoms with Crippen molar-refractivity contribution >= 4 is 17.7 Å². The molecule has 0 amide bonds. The van der Waals surface area contributed by atoms with Gasteiger partial charge in [-0.1, -0.05) is 0 Å². The lowest BCUT2D eigenvalue weighted by Gasteiger charge is -2.30. The van der Waals surface area contributed by atoms with Crippen LogP contribution in [-0.4, -0.2) is 63.6 Å². The minimum atomic E-state index is -0.221. The van der Waals surface area contributed by atoms with Gasteiger partial charge >= 0.3 is 0 Å². The van der Waals surface area contributed by atoms with Crippen LogP contribution in [0.3, 0.4) is 0 Å². The van der Waals surface area contributed by atoms with E-state index in [1.165, 1.54) is 6.07 Å². The van der Waals surface area contributed by atoms with E-state index in [2.05, 4.69) is 27.6 Å². The third kappa shape index (κ3) is 5.67. The van der Waals surface area contributed by atoms with Gasteiger partial charge in [0.05, 0.1) is 12.7 Å². The van der Waals surface area contributed by atoms with Gasteiger partial charge in [0.25, 0.3) is 0 Å². The molecule has 1 aliphatic heterocycles. The van der Waals surface area contributed by atoms with Gasteiger partial charge in [-0.25, -0.2) is 4.39 Å². The molecule has 2 rings (SSSR count). The van der Waals surface area contributed by atoms with Gasteiger partial charge in [-0.05, 0) is 37.1 Å². The number of hydrogen-bond donors (Lipinski definition) is 2. The highest BCUT2D eigenvalue weighted by Gasteiger charge is 2.17. The number of guanidine groups is 1. The quantitative estimate of drug-likeness (QED) is 0.484. The maximum Gasteiger partial charge on any atom is 0.191 e. The van der Waals surface area contributed by atoms with Crippen molar-refractivity contribution in [2.75, 3.05) is 46.6 Å². The number of hydrogen-bond acceptors (Lipinski definition) is 4. The van der Waals surface area contributed by atoms with E-state index in [0.29, 0.717) is 19.0 Å². The molecule has 7 heteroatoms. The van der Waals surface area contributed by atoms with Gasteiger partial charge in [-0.15, -0.1) is 11.8 Å². The molecule has 1 heterocycles. The van der Waals surface area contributed by atoms with Gasteiger partial charge in [0.2, 0.25) is 0 Å². The highest BCUT2D eigenvalue weighted by atomic mass is 32.2. The fraction of sp³-hybridized carbons (Fsp3) is 0.562. The second-order valence-electron chi connectivity index (χ2n) is 5.52. The van der Waals surface area contributed by atoms with E-state index in [0.717, 1.165) is 30.2 Å². The number of likely N-dealkylation sites (N-methyl/N-ethyl adjacent to an activating group) is 1. The molecule has 0 aliphatic carbocycles. The summed E-state index contributed by atoms with van der Waals surface area (Å²) in [5.74, 6) is 0.472. The highest BCUT2D eigenvalue weighted by Crippen LogP contribution is 2.21. The summed E-state index contributed by atoms with van der Waals surface area (Å²) in [4.78, 5) is 7.52. The number of morpholine rings is 1. The van der Waals surface area contributed by atoms with Gasteiger partial charge in [0.15, 0.2) is 5.96 Å². The molecule has 1 aromatic rings. The Morgan fingerprint density at radius 2 is 2.30 bits per heavy atom. The average Bonchev–Trinajstić information content (AvgIpc) is 2.55. The van der Waals surface area contributed by atoms with Crippen LogP contribution in [0.4, 0.5) is 4.39 Å². The van der Waals surface area contributed by atoms with Gasteiger partial charge in [-0.2, -0.15) is 0 Å². The van der Waals surface area contributed by atoms with Crippen molar-refractivity contribution in [3.05, 3.63) is 29.6 Å². The second-order valence-corrected chi connectivity index (χ2v) is 6.37. The molecule has 1 unspecified atom stereocenters. The molecule has 23 heavy (non-hydrogen) atoms. The van der Waals surface area contributed by atoms with E-state index in [9.17, 15) is 4.39 Å². The lowest BCUT2D eigenvalue weighted by atomic mass is 10.2. The third-order valence-corrected chi connectivity index (χ3v) is 4.59. The van der Waals surface area contributed by atoms with Crippen LogP contribution < -0.4 is 10.6 Å². The molecule has 0 spiro atoms. The molecular weight excluding hydrogens is 315 g/mol. The SMILES string of the molecule is CN=C(NCc1cc(F)ccc1SC)NCC1CN(C)CCO1. The maximum atomic E-state index is 13.4. The Morgan fingerprint density at radius 3 is 3.00 bits per heavy atom.